The number of hydrogen-bond acceptors (Lipinski definition) is 7. The Morgan fingerprint density at radius 2 is 1.90 bits per heavy atom. The summed E-state index contributed by atoms with van der Waals surface area (Å²) < 4.78 is 8.02. The number of benzene rings is 1. The van der Waals surface area contributed by atoms with Gasteiger partial charge in [0.05, 0.1) is 5.57 Å². The van der Waals surface area contributed by atoms with Crippen LogP contribution in [0.15, 0.2) is 35.6 Å². The molecule has 39 heavy (non-hydrogen) atoms. The molecule has 1 aromatic carbocycles. The third-order valence-corrected chi connectivity index (χ3v) is 8.43. The number of cyclic esters (lactones) is 1. The van der Waals surface area contributed by atoms with Crippen LogP contribution in [0.3, 0.4) is 0 Å². The van der Waals surface area contributed by atoms with Gasteiger partial charge in [0.15, 0.2) is 5.82 Å². The van der Waals surface area contributed by atoms with Gasteiger partial charge in [-0.05, 0) is 88.7 Å². The van der Waals surface area contributed by atoms with Gasteiger partial charge in [0.1, 0.15) is 11.4 Å². The van der Waals surface area contributed by atoms with Crippen molar-refractivity contribution in [3.63, 3.8) is 0 Å². The van der Waals surface area contributed by atoms with E-state index in [1.165, 1.54) is 16.7 Å². The second-order valence-electron chi connectivity index (χ2n) is 11.7. The van der Waals surface area contributed by atoms with E-state index in [9.17, 15) is 9.90 Å². The lowest BCUT2D eigenvalue weighted by Crippen LogP contribution is -2.46. The molecule has 1 saturated carbocycles. The molecular formula is C31H41N5O3. The van der Waals surface area contributed by atoms with Crippen LogP contribution in [-0.2, 0) is 35.3 Å². The maximum atomic E-state index is 13.5. The lowest BCUT2D eigenvalue weighted by molar-refractivity contribution is -0.167. The third-order valence-electron chi connectivity index (χ3n) is 8.43. The highest BCUT2D eigenvalue weighted by Crippen LogP contribution is 2.46. The molecule has 8 heteroatoms. The number of carbonyl (C=O) groups excluding carboxylic acids is 1. The minimum Gasteiger partial charge on any atom is -0.512 e. The largest absolute Gasteiger partial charge is 0.512 e. The highest BCUT2D eigenvalue weighted by Gasteiger charge is 2.48. The Balaban J connectivity index is 1.38. The van der Waals surface area contributed by atoms with Crippen LogP contribution >= 0.6 is 0 Å². The molecular weight excluding hydrogens is 490 g/mol. The Labute approximate surface area is 231 Å². The van der Waals surface area contributed by atoms with E-state index in [0.29, 0.717) is 24.4 Å². The molecule has 3 heterocycles. The molecule has 3 aromatic rings. The zero-order chi connectivity index (χ0) is 27.7. The number of aliphatic hydroxyl groups excluding tert-OH is 1. The van der Waals surface area contributed by atoms with E-state index in [1.54, 1.807) is 4.52 Å². The first-order valence-electron chi connectivity index (χ1n) is 14.3. The molecule has 5 rings (SSSR count). The molecule has 1 fully saturated rings. The van der Waals surface area contributed by atoms with Crippen LogP contribution in [0.2, 0.25) is 0 Å². The average Bonchev–Trinajstić information content (AvgIpc) is 3.56. The van der Waals surface area contributed by atoms with Crippen molar-refractivity contribution in [1.29, 1.82) is 0 Å². The van der Waals surface area contributed by atoms with Gasteiger partial charge in [-0.3, -0.25) is 0 Å². The van der Waals surface area contributed by atoms with Crippen molar-refractivity contribution in [2.24, 2.45) is 5.92 Å². The van der Waals surface area contributed by atoms with E-state index in [0.717, 1.165) is 56.5 Å². The topological polar surface area (TPSA) is 92.8 Å². The summed E-state index contributed by atoms with van der Waals surface area (Å²) in [7, 11) is 4.18. The normalized spacial score (nSPS) is 20.4. The Bertz CT molecular complexity index is 1400. The van der Waals surface area contributed by atoms with Crippen LogP contribution in [0.25, 0.3) is 5.78 Å². The van der Waals surface area contributed by atoms with E-state index < -0.39 is 11.6 Å². The Hall–Kier alpha value is -3.26. The first kappa shape index (κ1) is 27.3. The molecule has 1 atom stereocenters. The number of carbonyl (C=O) groups is 1. The van der Waals surface area contributed by atoms with E-state index in [1.807, 2.05) is 19.9 Å². The SMILES string of the molecule is CCc1cc(CCC2(C3CCCC3)CC(O)=C(Cc3nc4nc(C)cc(C)n4n3)C(=O)O2)ccc1CN(C)C. The molecule has 2 aliphatic rings. The molecule has 0 saturated heterocycles. The second kappa shape index (κ2) is 11.1. The smallest absolute Gasteiger partial charge is 0.338 e. The van der Waals surface area contributed by atoms with Crippen molar-refractivity contribution in [2.45, 2.75) is 90.7 Å². The maximum absolute atomic E-state index is 13.5. The van der Waals surface area contributed by atoms with Crippen molar-refractivity contribution in [2.75, 3.05) is 14.1 Å². The van der Waals surface area contributed by atoms with Gasteiger partial charge in [0.2, 0.25) is 0 Å². The molecule has 208 valence electrons. The summed E-state index contributed by atoms with van der Waals surface area (Å²) in [5.41, 5.74) is 5.32. The molecule has 8 nitrogen and oxygen atoms in total. The van der Waals surface area contributed by atoms with Crippen LogP contribution in [0.5, 0.6) is 0 Å². The molecule has 0 spiro atoms. The number of nitrogens with zero attached hydrogens (tertiary/aromatic N) is 5. The predicted octanol–water partition coefficient (Wildman–Crippen LogP) is 5.23. The Morgan fingerprint density at radius 1 is 1.13 bits per heavy atom. The first-order valence-corrected chi connectivity index (χ1v) is 14.3. The standard InChI is InChI=1S/C31H41N5O3/c1-6-23-16-22(11-12-24(23)19-35(4)5)13-14-31(25-9-7-8-10-25)18-27(37)26(29(38)39-31)17-28-33-30-32-20(2)15-21(3)36(30)34-28/h11-12,15-16,25,37H,6-10,13-14,17-19H2,1-5H3. The maximum Gasteiger partial charge on any atom is 0.338 e. The fraction of sp³-hybridized carbons (Fsp3) is 0.548. The molecule has 1 aliphatic heterocycles. The van der Waals surface area contributed by atoms with Gasteiger partial charge in [0.25, 0.3) is 5.78 Å². The zero-order valence-electron chi connectivity index (χ0n) is 24.0. The molecule has 0 amide bonds. The van der Waals surface area contributed by atoms with Crippen molar-refractivity contribution in [3.05, 3.63) is 69.5 Å². The summed E-state index contributed by atoms with van der Waals surface area (Å²) in [5.74, 6) is 0.879. The third kappa shape index (κ3) is 5.71. The van der Waals surface area contributed by atoms with Crippen LogP contribution < -0.4 is 0 Å². The van der Waals surface area contributed by atoms with E-state index in [2.05, 4.69) is 59.2 Å². The number of aromatic nitrogens is 4. The number of rotatable bonds is 9. The minimum atomic E-state index is -0.683. The van der Waals surface area contributed by atoms with E-state index in [-0.39, 0.29) is 23.7 Å². The van der Waals surface area contributed by atoms with Crippen molar-refractivity contribution in [1.82, 2.24) is 24.5 Å². The van der Waals surface area contributed by atoms with Gasteiger partial charge >= 0.3 is 5.97 Å². The second-order valence-corrected chi connectivity index (χ2v) is 11.7. The fourth-order valence-corrected chi connectivity index (χ4v) is 6.44. The molecule has 1 N–H and O–H groups in total. The molecule has 0 radical (unpaired) electrons. The molecule has 1 unspecified atom stereocenters. The first-order chi connectivity index (χ1) is 18.7. The predicted molar refractivity (Wildman–Crippen MR) is 151 cm³/mol. The number of aliphatic hydroxyl groups is 1. The van der Waals surface area contributed by atoms with Crippen LogP contribution in [0.4, 0.5) is 0 Å². The summed E-state index contributed by atoms with van der Waals surface area (Å²) >= 11 is 0. The van der Waals surface area contributed by atoms with Crippen LogP contribution in [-0.4, -0.2) is 55.3 Å². The van der Waals surface area contributed by atoms with E-state index >= 15 is 0 Å². The van der Waals surface area contributed by atoms with Crippen LogP contribution in [0.1, 0.15) is 79.4 Å². The van der Waals surface area contributed by atoms with Gasteiger partial charge in [0, 0.05) is 30.8 Å². The number of ether oxygens (including phenoxy) is 1. The minimum absolute atomic E-state index is 0.119. The Morgan fingerprint density at radius 3 is 2.59 bits per heavy atom. The number of aryl methyl sites for hydroxylation is 4. The summed E-state index contributed by atoms with van der Waals surface area (Å²) in [6.45, 7) is 6.98. The van der Waals surface area contributed by atoms with Crippen molar-refractivity contribution >= 4 is 11.7 Å². The van der Waals surface area contributed by atoms with Crippen LogP contribution in [0, 0.1) is 19.8 Å². The lowest BCUT2D eigenvalue weighted by atomic mass is 9.76. The number of fused-ring (bicyclic) bond motifs is 1. The fourth-order valence-electron chi connectivity index (χ4n) is 6.44. The van der Waals surface area contributed by atoms with Gasteiger partial charge in [-0.2, -0.15) is 4.98 Å². The van der Waals surface area contributed by atoms with E-state index in [4.69, 9.17) is 4.74 Å². The van der Waals surface area contributed by atoms with Crippen molar-refractivity contribution < 1.29 is 14.6 Å². The Kier molecular flexibility index (Phi) is 7.76. The van der Waals surface area contributed by atoms with Gasteiger partial charge in [-0.1, -0.05) is 38.0 Å². The summed E-state index contributed by atoms with van der Waals surface area (Å²) in [6.07, 6.45) is 7.29. The average molecular weight is 532 g/mol. The molecule has 0 bridgehead atoms. The van der Waals surface area contributed by atoms with Gasteiger partial charge in [-0.25, -0.2) is 14.3 Å². The van der Waals surface area contributed by atoms with Gasteiger partial charge < -0.3 is 14.7 Å². The quantitative estimate of drug-likeness (QED) is 0.378. The zero-order valence-corrected chi connectivity index (χ0v) is 24.0. The monoisotopic (exact) mass is 531 g/mol. The molecule has 2 aromatic heterocycles. The molecule has 1 aliphatic carbocycles. The van der Waals surface area contributed by atoms with Gasteiger partial charge in [-0.15, -0.1) is 5.10 Å². The number of hydrogen-bond donors (Lipinski definition) is 1. The highest BCUT2D eigenvalue weighted by molar-refractivity contribution is 5.90. The summed E-state index contributed by atoms with van der Waals surface area (Å²) in [4.78, 5) is 24.6. The van der Waals surface area contributed by atoms with Crippen molar-refractivity contribution in [3.8, 4) is 0 Å². The summed E-state index contributed by atoms with van der Waals surface area (Å²) in [6, 6.07) is 8.68. The summed E-state index contributed by atoms with van der Waals surface area (Å²) in [5, 5.41) is 15.8. The number of esters is 1. The highest BCUT2D eigenvalue weighted by atomic mass is 16.6. The lowest BCUT2D eigenvalue weighted by Gasteiger charge is -2.41.